The van der Waals surface area contributed by atoms with Crippen LogP contribution < -0.4 is 15.2 Å². The molecule has 0 atom stereocenters. The second kappa shape index (κ2) is 12.8. The second-order valence-electron chi connectivity index (χ2n) is 8.95. The fourth-order valence-electron chi connectivity index (χ4n) is 4.07. The molecule has 0 saturated heterocycles. The van der Waals surface area contributed by atoms with Gasteiger partial charge in [0.25, 0.3) is 0 Å². The van der Waals surface area contributed by atoms with E-state index in [4.69, 9.17) is 14.6 Å². The lowest BCUT2D eigenvalue weighted by Crippen LogP contribution is -2.08. The number of pyridine rings is 1. The number of aliphatic hydroxyl groups excluding tert-OH is 1. The van der Waals surface area contributed by atoms with Crippen molar-refractivity contribution in [2.75, 3.05) is 14.2 Å². The smallest absolute Gasteiger partial charge is 0.421 e. The third-order valence-electron chi connectivity index (χ3n) is 5.83. The predicted octanol–water partition coefficient (Wildman–Crippen LogP) is 6.90. The van der Waals surface area contributed by atoms with Crippen molar-refractivity contribution < 1.29 is 27.8 Å². The van der Waals surface area contributed by atoms with E-state index in [2.05, 4.69) is 21.4 Å². The van der Waals surface area contributed by atoms with Gasteiger partial charge in [-0.05, 0) is 99.8 Å². The standard InChI is InChI=1S/C27H25F3N2O2.CH5N.CH4O/c1-17(2)33-21-10-7-19(8-11-21)24-14-20-9-12-22(15-25(20)32(24)16-18-5-6-18)34-26-23(27(28,29)30)4-3-13-31-26;2*1-2/h3-4,7-15,17-18H,5-6,16H2,1-2H3;2H2,1H3;2H,1H3. The van der Waals surface area contributed by atoms with Crippen LogP contribution in [-0.2, 0) is 12.7 Å². The summed E-state index contributed by atoms with van der Waals surface area (Å²) in [6, 6.07) is 17.7. The van der Waals surface area contributed by atoms with E-state index in [1.165, 1.54) is 32.2 Å². The van der Waals surface area contributed by atoms with Crippen molar-refractivity contribution in [2.24, 2.45) is 11.7 Å². The molecule has 0 radical (unpaired) electrons. The number of alkyl halides is 3. The van der Waals surface area contributed by atoms with Gasteiger partial charge in [0.2, 0.25) is 5.88 Å². The van der Waals surface area contributed by atoms with Crippen LogP contribution in [0.15, 0.2) is 66.9 Å². The lowest BCUT2D eigenvalue weighted by atomic mass is 10.1. The summed E-state index contributed by atoms with van der Waals surface area (Å²) in [4.78, 5) is 3.82. The maximum absolute atomic E-state index is 13.4. The van der Waals surface area contributed by atoms with Gasteiger partial charge in [0.1, 0.15) is 17.1 Å². The van der Waals surface area contributed by atoms with Gasteiger partial charge in [0.05, 0.1) is 11.6 Å². The number of aliphatic hydroxyl groups is 1. The van der Waals surface area contributed by atoms with E-state index in [0.29, 0.717) is 11.7 Å². The summed E-state index contributed by atoms with van der Waals surface area (Å²) in [5.41, 5.74) is 6.64. The molecule has 4 aromatic rings. The summed E-state index contributed by atoms with van der Waals surface area (Å²) >= 11 is 0. The van der Waals surface area contributed by atoms with Crippen LogP contribution in [0.2, 0.25) is 0 Å². The van der Waals surface area contributed by atoms with Gasteiger partial charge in [-0.15, -0.1) is 0 Å². The fraction of sp³-hybridized carbons (Fsp3) is 0.345. The van der Waals surface area contributed by atoms with Crippen molar-refractivity contribution in [3.63, 3.8) is 0 Å². The average molecular weight is 530 g/mol. The molecule has 0 aliphatic heterocycles. The number of halogens is 3. The van der Waals surface area contributed by atoms with Crippen molar-refractivity contribution in [1.29, 1.82) is 0 Å². The molecule has 2 aromatic carbocycles. The zero-order valence-electron chi connectivity index (χ0n) is 22.0. The summed E-state index contributed by atoms with van der Waals surface area (Å²) in [7, 11) is 2.50. The first kappa shape index (κ1) is 29.0. The Kier molecular flexibility index (Phi) is 9.77. The number of rotatable bonds is 7. The monoisotopic (exact) mass is 529 g/mol. The first-order valence-corrected chi connectivity index (χ1v) is 12.4. The van der Waals surface area contributed by atoms with E-state index < -0.39 is 17.6 Å². The van der Waals surface area contributed by atoms with Crippen molar-refractivity contribution in [3.8, 4) is 28.6 Å². The Balaban J connectivity index is 0.000000956. The normalized spacial score (nSPS) is 12.9. The summed E-state index contributed by atoms with van der Waals surface area (Å²) in [6.07, 6.45) is -0.788. The Morgan fingerprint density at radius 2 is 1.66 bits per heavy atom. The lowest BCUT2D eigenvalue weighted by molar-refractivity contribution is -0.138. The molecular formula is C29H34F3N3O3. The Bertz CT molecular complexity index is 1310. The molecule has 0 amide bonds. The highest BCUT2D eigenvalue weighted by Gasteiger charge is 2.35. The minimum atomic E-state index is -4.54. The van der Waals surface area contributed by atoms with Gasteiger partial charge < -0.3 is 24.9 Å². The topological polar surface area (TPSA) is 82.5 Å². The minimum absolute atomic E-state index is 0.0996. The number of nitrogens with zero attached hydrogens (tertiary/aromatic N) is 2. The Labute approximate surface area is 220 Å². The zero-order chi connectivity index (χ0) is 27.9. The molecule has 2 heterocycles. The highest BCUT2D eigenvalue weighted by molar-refractivity contribution is 5.88. The van der Waals surface area contributed by atoms with E-state index >= 15 is 0 Å². The van der Waals surface area contributed by atoms with Crippen LogP contribution in [-0.4, -0.2) is 34.9 Å². The lowest BCUT2D eigenvalue weighted by Gasteiger charge is -2.14. The number of fused-ring (bicyclic) bond motifs is 1. The van der Waals surface area contributed by atoms with Crippen molar-refractivity contribution >= 4 is 10.9 Å². The molecule has 0 unspecified atom stereocenters. The summed E-state index contributed by atoms with van der Waals surface area (Å²) in [5, 5.41) is 8.00. The second-order valence-corrected chi connectivity index (χ2v) is 8.95. The largest absolute Gasteiger partial charge is 0.491 e. The van der Waals surface area contributed by atoms with Crippen LogP contribution in [0.25, 0.3) is 22.2 Å². The molecule has 3 N–H and O–H groups in total. The molecule has 204 valence electrons. The molecule has 1 saturated carbocycles. The van der Waals surface area contributed by atoms with Gasteiger partial charge in [-0.1, -0.05) is 0 Å². The van der Waals surface area contributed by atoms with E-state index in [9.17, 15) is 13.2 Å². The molecule has 6 nitrogen and oxygen atoms in total. The van der Waals surface area contributed by atoms with E-state index in [-0.39, 0.29) is 6.10 Å². The van der Waals surface area contributed by atoms with Crippen LogP contribution >= 0.6 is 0 Å². The molecule has 9 heteroatoms. The number of aromatic nitrogens is 2. The summed E-state index contributed by atoms with van der Waals surface area (Å²) < 4.78 is 53.8. The Hall–Kier alpha value is -3.56. The van der Waals surface area contributed by atoms with Gasteiger partial charge in [-0.2, -0.15) is 13.2 Å². The van der Waals surface area contributed by atoms with Crippen LogP contribution in [0.1, 0.15) is 32.3 Å². The summed E-state index contributed by atoms with van der Waals surface area (Å²) in [5.74, 6) is 1.29. The SMILES string of the molecule is CC(C)Oc1ccc(-c2cc3ccc(Oc4ncccc4C(F)(F)F)cc3n2CC2CC2)cc1.CN.CO. The van der Waals surface area contributed by atoms with Gasteiger partial charge >= 0.3 is 6.18 Å². The van der Waals surface area contributed by atoms with E-state index in [1.54, 1.807) is 12.1 Å². The van der Waals surface area contributed by atoms with Crippen molar-refractivity contribution in [1.82, 2.24) is 9.55 Å². The number of hydrogen-bond acceptors (Lipinski definition) is 5. The Morgan fingerprint density at radius 1 is 1.00 bits per heavy atom. The molecule has 1 aliphatic carbocycles. The molecular weight excluding hydrogens is 495 g/mol. The van der Waals surface area contributed by atoms with Crippen LogP contribution in [0.5, 0.6) is 17.4 Å². The molecule has 5 rings (SSSR count). The number of nitrogens with two attached hydrogens (primary N) is 1. The molecule has 0 bridgehead atoms. The first-order chi connectivity index (χ1) is 18.3. The van der Waals surface area contributed by atoms with Gasteiger partial charge in [0.15, 0.2) is 0 Å². The average Bonchev–Trinajstić information content (AvgIpc) is 3.66. The van der Waals surface area contributed by atoms with Gasteiger partial charge in [-0.25, -0.2) is 4.98 Å². The van der Waals surface area contributed by atoms with Gasteiger partial charge in [0, 0.05) is 37.0 Å². The van der Waals surface area contributed by atoms with Crippen molar-refractivity contribution in [3.05, 3.63) is 72.4 Å². The highest BCUT2D eigenvalue weighted by Crippen LogP contribution is 2.39. The maximum Gasteiger partial charge on any atom is 0.421 e. The zero-order valence-corrected chi connectivity index (χ0v) is 22.0. The van der Waals surface area contributed by atoms with Crippen molar-refractivity contribution in [2.45, 2.75) is 45.5 Å². The quantitative estimate of drug-likeness (QED) is 0.272. The molecule has 1 aliphatic rings. The van der Waals surface area contributed by atoms with Crippen LogP contribution in [0.4, 0.5) is 13.2 Å². The number of ether oxygens (including phenoxy) is 2. The van der Waals surface area contributed by atoms with Crippen LogP contribution in [0.3, 0.4) is 0 Å². The molecule has 38 heavy (non-hydrogen) atoms. The maximum atomic E-state index is 13.4. The van der Waals surface area contributed by atoms with Gasteiger partial charge in [-0.3, -0.25) is 0 Å². The van der Waals surface area contributed by atoms with E-state index in [0.717, 1.165) is 47.6 Å². The predicted molar refractivity (Wildman–Crippen MR) is 143 cm³/mol. The third-order valence-corrected chi connectivity index (χ3v) is 5.83. The highest BCUT2D eigenvalue weighted by atomic mass is 19.4. The molecule has 1 fully saturated rings. The number of benzene rings is 2. The third kappa shape index (κ3) is 7.05. The Morgan fingerprint density at radius 3 is 2.26 bits per heavy atom. The van der Waals surface area contributed by atoms with E-state index in [1.807, 2.05) is 44.2 Å². The van der Waals surface area contributed by atoms with Crippen LogP contribution in [0, 0.1) is 5.92 Å². The minimum Gasteiger partial charge on any atom is -0.491 e. The molecule has 0 spiro atoms. The number of hydrogen-bond donors (Lipinski definition) is 2. The summed E-state index contributed by atoms with van der Waals surface area (Å²) in [6.45, 7) is 4.83. The first-order valence-electron chi connectivity index (χ1n) is 12.4. The fourth-order valence-corrected chi connectivity index (χ4v) is 4.07. The molecule has 2 aromatic heterocycles.